The second-order valence-electron chi connectivity index (χ2n) is 7.27. The number of nitrogens with one attached hydrogen (secondary N) is 2. The van der Waals surface area contributed by atoms with Crippen molar-refractivity contribution in [2.45, 2.75) is 13.8 Å². The van der Waals surface area contributed by atoms with E-state index in [1.54, 1.807) is 42.5 Å². The fourth-order valence-electron chi connectivity index (χ4n) is 3.40. The van der Waals surface area contributed by atoms with Gasteiger partial charge in [-0.25, -0.2) is 0 Å². The molecule has 32 heavy (non-hydrogen) atoms. The summed E-state index contributed by atoms with van der Waals surface area (Å²) in [5, 5.41) is 6.54. The van der Waals surface area contributed by atoms with Gasteiger partial charge in [0.25, 0.3) is 11.8 Å². The molecule has 0 saturated heterocycles. The standard InChI is InChI=1S/C26H23N3O3/c1-3-32-21-14-12-20(13-15-21)28-25(30)18-8-10-19(11-9-18)29-26(31)23-16-17(2)27-24-7-5-4-6-22(23)24/h4-16H,3H2,1-2H3,(H,28,30)(H,29,31). The molecule has 6 nitrogen and oxygen atoms in total. The van der Waals surface area contributed by atoms with Gasteiger partial charge in [-0.1, -0.05) is 18.2 Å². The average molecular weight is 425 g/mol. The molecule has 2 N–H and O–H groups in total. The number of aromatic nitrogens is 1. The van der Waals surface area contributed by atoms with Crippen molar-refractivity contribution in [3.8, 4) is 5.75 Å². The highest BCUT2D eigenvalue weighted by molar-refractivity contribution is 6.12. The Morgan fingerprint density at radius 1 is 0.844 bits per heavy atom. The number of hydrogen-bond donors (Lipinski definition) is 2. The number of amides is 2. The van der Waals surface area contributed by atoms with Gasteiger partial charge in [0, 0.05) is 28.0 Å². The second-order valence-corrected chi connectivity index (χ2v) is 7.27. The molecule has 0 saturated carbocycles. The normalized spacial score (nSPS) is 10.6. The van der Waals surface area contributed by atoms with E-state index in [4.69, 9.17) is 4.74 Å². The lowest BCUT2D eigenvalue weighted by molar-refractivity contribution is 0.102. The highest BCUT2D eigenvalue weighted by atomic mass is 16.5. The number of hydrogen-bond acceptors (Lipinski definition) is 4. The summed E-state index contributed by atoms with van der Waals surface area (Å²) < 4.78 is 5.41. The lowest BCUT2D eigenvalue weighted by Gasteiger charge is -2.10. The summed E-state index contributed by atoms with van der Waals surface area (Å²) in [5.74, 6) is 0.295. The average Bonchev–Trinajstić information content (AvgIpc) is 2.80. The Kier molecular flexibility index (Phi) is 6.12. The van der Waals surface area contributed by atoms with Gasteiger partial charge in [0.15, 0.2) is 0 Å². The molecule has 2 amide bonds. The molecule has 1 heterocycles. The lowest BCUT2D eigenvalue weighted by Crippen LogP contribution is -2.14. The van der Waals surface area contributed by atoms with Crippen LogP contribution < -0.4 is 15.4 Å². The molecule has 0 fully saturated rings. The molecular formula is C26H23N3O3. The topological polar surface area (TPSA) is 80.3 Å². The minimum atomic E-state index is -0.234. The Balaban J connectivity index is 1.45. The van der Waals surface area contributed by atoms with Gasteiger partial charge in [0.05, 0.1) is 17.7 Å². The summed E-state index contributed by atoms with van der Waals surface area (Å²) >= 11 is 0. The molecule has 0 aliphatic rings. The monoisotopic (exact) mass is 425 g/mol. The SMILES string of the molecule is CCOc1ccc(NC(=O)c2ccc(NC(=O)c3cc(C)nc4ccccc34)cc2)cc1. The zero-order valence-corrected chi connectivity index (χ0v) is 17.9. The van der Waals surface area contributed by atoms with Crippen molar-refractivity contribution >= 4 is 34.1 Å². The summed E-state index contributed by atoms with van der Waals surface area (Å²) in [5.41, 5.74) is 3.88. The number of ether oxygens (including phenoxy) is 1. The maximum absolute atomic E-state index is 12.9. The number of pyridine rings is 1. The number of rotatable bonds is 6. The quantitative estimate of drug-likeness (QED) is 0.431. The summed E-state index contributed by atoms with van der Waals surface area (Å²) in [4.78, 5) is 29.9. The predicted octanol–water partition coefficient (Wildman–Crippen LogP) is 5.45. The van der Waals surface area contributed by atoms with E-state index in [9.17, 15) is 9.59 Å². The largest absolute Gasteiger partial charge is 0.494 e. The summed E-state index contributed by atoms with van der Waals surface area (Å²) in [7, 11) is 0. The molecule has 0 aliphatic carbocycles. The van der Waals surface area contributed by atoms with E-state index in [0.717, 1.165) is 22.3 Å². The zero-order chi connectivity index (χ0) is 22.5. The molecule has 4 rings (SSSR count). The Labute approximate surface area is 186 Å². The number of carbonyl (C=O) groups is 2. The van der Waals surface area contributed by atoms with E-state index in [1.165, 1.54) is 0 Å². The number of nitrogens with zero attached hydrogens (tertiary/aromatic N) is 1. The van der Waals surface area contributed by atoms with E-state index in [-0.39, 0.29) is 11.8 Å². The molecule has 6 heteroatoms. The predicted molar refractivity (Wildman–Crippen MR) is 126 cm³/mol. The van der Waals surface area contributed by atoms with Crippen LogP contribution in [0.1, 0.15) is 33.3 Å². The highest BCUT2D eigenvalue weighted by Gasteiger charge is 2.13. The van der Waals surface area contributed by atoms with Crippen molar-refractivity contribution in [3.05, 3.63) is 95.7 Å². The first-order valence-corrected chi connectivity index (χ1v) is 10.4. The number of para-hydroxylation sites is 1. The van der Waals surface area contributed by atoms with Crippen LogP contribution >= 0.6 is 0 Å². The van der Waals surface area contributed by atoms with E-state index < -0.39 is 0 Å². The number of fused-ring (bicyclic) bond motifs is 1. The molecule has 4 aromatic rings. The molecule has 0 radical (unpaired) electrons. The Hall–Kier alpha value is -4.19. The third-order valence-electron chi connectivity index (χ3n) is 4.92. The van der Waals surface area contributed by atoms with Crippen molar-refractivity contribution < 1.29 is 14.3 Å². The molecule has 160 valence electrons. The van der Waals surface area contributed by atoms with E-state index >= 15 is 0 Å². The minimum absolute atomic E-state index is 0.224. The fourth-order valence-corrected chi connectivity index (χ4v) is 3.40. The number of carbonyl (C=O) groups excluding carboxylic acids is 2. The molecule has 0 unspecified atom stereocenters. The van der Waals surface area contributed by atoms with Gasteiger partial charge >= 0.3 is 0 Å². The van der Waals surface area contributed by atoms with Crippen molar-refractivity contribution in [1.82, 2.24) is 4.98 Å². The van der Waals surface area contributed by atoms with Crippen LogP contribution in [0.3, 0.4) is 0 Å². The lowest BCUT2D eigenvalue weighted by atomic mass is 10.1. The smallest absolute Gasteiger partial charge is 0.256 e. The van der Waals surface area contributed by atoms with Crippen molar-refractivity contribution in [2.75, 3.05) is 17.2 Å². The molecule has 0 atom stereocenters. The van der Waals surface area contributed by atoms with Crippen LogP contribution in [0.4, 0.5) is 11.4 Å². The van der Waals surface area contributed by atoms with Gasteiger partial charge in [-0.15, -0.1) is 0 Å². The molecule has 1 aromatic heterocycles. The van der Waals surface area contributed by atoms with Crippen molar-refractivity contribution in [2.24, 2.45) is 0 Å². The third kappa shape index (κ3) is 4.75. The van der Waals surface area contributed by atoms with Crippen LogP contribution in [-0.2, 0) is 0 Å². The number of benzene rings is 3. The first kappa shape index (κ1) is 21.1. The number of anilines is 2. The minimum Gasteiger partial charge on any atom is -0.494 e. The summed E-state index contributed by atoms with van der Waals surface area (Å²) in [6.07, 6.45) is 0. The first-order chi connectivity index (χ1) is 15.5. The van der Waals surface area contributed by atoms with Crippen LogP contribution in [0.5, 0.6) is 5.75 Å². The molecule has 3 aromatic carbocycles. The van der Waals surface area contributed by atoms with Crippen molar-refractivity contribution in [3.63, 3.8) is 0 Å². The van der Waals surface area contributed by atoms with E-state index in [0.29, 0.717) is 29.1 Å². The van der Waals surface area contributed by atoms with Crippen LogP contribution in [-0.4, -0.2) is 23.4 Å². The molecule has 0 bridgehead atoms. The second kappa shape index (κ2) is 9.31. The van der Waals surface area contributed by atoms with Gasteiger partial charge in [0.2, 0.25) is 0 Å². The van der Waals surface area contributed by atoms with Gasteiger partial charge in [0.1, 0.15) is 5.75 Å². The first-order valence-electron chi connectivity index (χ1n) is 10.4. The third-order valence-corrected chi connectivity index (χ3v) is 4.92. The fraction of sp³-hybridized carbons (Fsp3) is 0.115. The van der Waals surface area contributed by atoms with Crippen LogP contribution in [0.15, 0.2) is 78.9 Å². The molecule has 0 spiro atoms. The Bertz CT molecular complexity index is 1270. The van der Waals surface area contributed by atoms with Crippen molar-refractivity contribution in [1.29, 1.82) is 0 Å². The van der Waals surface area contributed by atoms with Gasteiger partial charge in [-0.2, -0.15) is 0 Å². The van der Waals surface area contributed by atoms with Gasteiger partial charge in [-0.05, 0) is 74.5 Å². The van der Waals surface area contributed by atoms with Crippen LogP contribution in [0, 0.1) is 6.92 Å². The zero-order valence-electron chi connectivity index (χ0n) is 17.9. The van der Waals surface area contributed by atoms with Gasteiger partial charge in [-0.3, -0.25) is 14.6 Å². The Morgan fingerprint density at radius 3 is 2.16 bits per heavy atom. The van der Waals surface area contributed by atoms with E-state index in [2.05, 4.69) is 15.6 Å². The molecular weight excluding hydrogens is 402 g/mol. The van der Waals surface area contributed by atoms with Crippen LogP contribution in [0.2, 0.25) is 0 Å². The number of aryl methyl sites for hydroxylation is 1. The Morgan fingerprint density at radius 2 is 1.47 bits per heavy atom. The molecule has 0 aliphatic heterocycles. The summed E-state index contributed by atoms with van der Waals surface area (Å²) in [6, 6.07) is 23.3. The van der Waals surface area contributed by atoms with Crippen LogP contribution in [0.25, 0.3) is 10.9 Å². The van der Waals surface area contributed by atoms with Gasteiger partial charge < -0.3 is 15.4 Å². The highest BCUT2D eigenvalue weighted by Crippen LogP contribution is 2.21. The summed E-state index contributed by atoms with van der Waals surface area (Å²) in [6.45, 7) is 4.37. The maximum atomic E-state index is 12.9. The maximum Gasteiger partial charge on any atom is 0.256 e. The van der Waals surface area contributed by atoms with E-state index in [1.807, 2.05) is 50.2 Å².